The molecule has 1 fully saturated rings. The second-order valence-electron chi connectivity index (χ2n) is 3.63. The summed E-state index contributed by atoms with van der Waals surface area (Å²) in [5, 5.41) is 3.28. The average Bonchev–Trinajstić information content (AvgIpc) is 2.75. The number of nitrogens with one attached hydrogen (secondary N) is 1. The van der Waals surface area contributed by atoms with Gasteiger partial charge in [-0.3, -0.25) is 0 Å². The number of halogens is 2. The van der Waals surface area contributed by atoms with Gasteiger partial charge in [0, 0.05) is 11.6 Å². The Hall–Kier alpha value is -0.610. The minimum absolute atomic E-state index is 0.146. The molecule has 1 atom stereocenters. The van der Waals surface area contributed by atoms with Crippen LogP contribution in [0.15, 0.2) is 16.6 Å². The van der Waals surface area contributed by atoms with E-state index in [9.17, 15) is 4.39 Å². The van der Waals surface area contributed by atoms with Gasteiger partial charge in [0.1, 0.15) is 11.6 Å². The van der Waals surface area contributed by atoms with Crippen LogP contribution in [0.3, 0.4) is 0 Å². The standard InChI is InChI=1S/C11H13BrFNO/c1-15-9-5-4-7(11(13)10(9)12)8-3-2-6-14-8/h4-5,8,14H,2-3,6H2,1H3. The van der Waals surface area contributed by atoms with Gasteiger partial charge < -0.3 is 10.1 Å². The van der Waals surface area contributed by atoms with Gasteiger partial charge in [0.25, 0.3) is 0 Å². The summed E-state index contributed by atoms with van der Waals surface area (Å²) in [5.41, 5.74) is 0.722. The SMILES string of the molecule is COc1ccc(C2CCCN2)c(F)c1Br. The summed E-state index contributed by atoms with van der Waals surface area (Å²) in [4.78, 5) is 0. The number of ether oxygens (including phenoxy) is 1. The van der Waals surface area contributed by atoms with Crippen LogP contribution in [0, 0.1) is 5.82 Å². The van der Waals surface area contributed by atoms with Gasteiger partial charge in [0.2, 0.25) is 0 Å². The molecule has 4 heteroatoms. The van der Waals surface area contributed by atoms with Crippen LogP contribution < -0.4 is 10.1 Å². The molecule has 15 heavy (non-hydrogen) atoms. The number of methoxy groups -OCH3 is 1. The van der Waals surface area contributed by atoms with Crippen molar-refractivity contribution in [1.29, 1.82) is 0 Å². The predicted molar refractivity (Wildman–Crippen MR) is 60.6 cm³/mol. The molecule has 0 aliphatic carbocycles. The fraction of sp³-hybridized carbons (Fsp3) is 0.455. The molecule has 0 bridgehead atoms. The Morgan fingerprint density at radius 2 is 2.33 bits per heavy atom. The Labute approximate surface area is 96.9 Å². The Balaban J connectivity index is 2.36. The second-order valence-corrected chi connectivity index (χ2v) is 4.43. The highest BCUT2D eigenvalue weighted by molar-refractivity contribution is 9.10. The van der Waals surface area contributed by atoms with Crippen LogP contribution >= 0.6 is 15.9 Å². The first-order valence-corrected chi connectivity index (χ1v) is 5.78. The summed E-state index contributed by atoms with van der Waals surface area (Å²) in [6, 6.07) is 3.73. The first kappa shape index (κ1) is 10.9. The zero-order valence-electron chi connectivity index (χ0n) is 8.52. The van der Waals surface area contributed by atoms with Gasteiger partial charge in [-0.25, -0.2) is 4.39 Å². The van der Waals surface area contributed by atoms with Gasteiger partial charge in [0.05, 0.1) is 11.6 Å². The highest BCUT2D eigenvalue weighted by Gasteiger charge is 2.22. The van der Waals surface area contributed by atoms with E-state index in [0.717, 1.165) is 24.9 Å². The Kier molecular flexibility index (Phi) is 3.26. The van der Waals surface area contributed by atoms with Crippen LogP contribution in [0.4, 0.5) is 4.39 Å². The first-order chi connectivity index (χ1) is 7.24. The van der Waals surface area contributed by atoms with Crippen molar-refractivity contribution >= 4 is 15.9 Å². The monoisotopic (exact) mass is 273 g/mol. The molecule has 0 radical (unpaired) electrons. The minimum Gasteiger partial charge on any atom is -0.495 e. The van der Waals surface area contributed by atoms with Crippen molar-refractivity contribution in [2.24, 2.45) is 0 Å². The molecule has 1 aliphatic heterocycles. The summed E-state index contributed by atoms with van der Waals surface area (Å²) < 4.78 is 19.4. The maximum absolute atomic E-state index is 13.9. The zero-order chi connectivity index (χ0) is 10.8. The molecule has 2 nitrogen and oxygen atoms in total. The van der Waals surface area contributed by atoms with E-state index in [4.69, 9.17) is 4.74 Å². The highest BCUT2D eigenvalue weighted by Crippen LogP contribution is 2.34. The lowest BCUT2D eigenvalue weighted by Crippen LogP contribution is -2.14. The fourth-order valence-corrected chi connectivity index (χ4v) is 2.45. The molecule has 1 saturated heterocycles. The van der Waals surface area contributed by atoms with Crippen LogP contribution in [-0.4, -0.2) is 13.7 Å². The number of hydrogen-bond acceptors (Lipinski definition) is 2. The molecule has 1 heterocycles. The highest BCUT2D eigenvalue weighted by atomic mass is 79.9. The lowest BCUT2D eigenvalue weighted by atomic mass is 10.0. The summed E-state index contributed by atoms with van der Waals surface area (Å²) in [7, 11) is 1.53. The van der Waals surface area contributed by atoms with Crippen molar-refractivity contribution in [2.75, 3.05) is 13.7 Å². The van der Waals surface area contributed by atoms with E-state index in [-0.39, 0.29) is 11.9 Å². The predicted octanol–water partition coefficient (Wildman–Crippen LogP) is 3.02. The van der Waals surface area contributed by atoms with E-state index in [1.807, 2.05) is 0 Å². The van der Waals surface area contributed by atoms with Gasteiger partial charge in [-0.2, -0.15) is 0 Å². The Morgan fingerprint density at radius 1 is 1.53 bits per heavy atom. The quantitative estimate of drug-likeness (QED) is 0.895. The van der Waals surface area contributed by atoms with Crippen molar-refractivity contribution in [3.05, 3.63) is 28.0 Å². The molecule has 0 saturated carbocycles. The molecule has 1 aromatic carbocycles. The molecular weight excluding hydrogens is 261 g/mol. The Bertz CT molecular complexity index is 364. The fourth-order valence-electron chi connectivity index (χ4n) is 1.92. The van der Waals surface area contributed by atoms with E-state index in [2.05, 4.69) is 21.2 Å². The van der Waals surface area contributed by atoms with Crippen LogP contribution in [0.25, 0.3) is 0 Å². The Morgan fingerprint density at radius 3 is 2.93 bits per heavy atom. The van der Waals surface area contributed by atoms with Gasteiger partial charge >= 0.3 is 0 Å². The molecular formula is C11H13BrFNO. The van der Waals surface area contributed by atoms with Crippen LogP contribution in [0.5, 0.6) is 5.75 Å². The van der Waals surface area contributed by atoms with Gasteiger partial charge in [-0.15, -0.1) is 0 Å². The molecule has 1 N–H and O–H groups in total. The number of hydrogen-bond donors (Lipinski definition) is 1. The third kappa shape index (κ3) is 2.01. The molecule has 1 aliphatic rings. The zero-order valence-corrected chi connectivity index (χ0v) is 10.1. The topological polar surface area (TPSA) is 21.3 Å². The largest absolute Gasteiger partial charge is 0.495 e. The maximum atomic E-state index is 13.9. The van der Waals surface area contributed by atoms with Gasteiger partial charge in [-0.1, -0.05) is 6.07 Å². The van der Waals surface area contributed by atoms with Crippen molar-refractivity contribution in [3.8, 4) is 5.75 Å². The average molecular weight is 274 g/mol. The molecule has 2 rings (SSSR count). The van der Waals surface area contributed by atoms with Crippen LogP contribution in [0.1, 0.15) is 24.4 Å². The van der Waals surface area contributed by atoms with Crippen molar-refractivity contribution in [3.63, 3.8) is 0 Å². The van der Waals surface area contributed by atoms with E-state index < -0.39 is 0 Å². The first-order valence-electron chi connectivity index (χ1n) is 4.99. The maximum Gasteiger partial charge on any atom is 0.145 e. The third-order valence-electron chi connectivity index (χ3n) is 2.73. The van der Waals surface area contributed by atoms with Gasteiger partial charge in [0.15, 0.2) is 0 Å². The molecule has 0 amide bonds. The van der Waals surface area contributed by atoms with E-state index in [0.29, 0.717) is 10.2 Å². The molecule has 82 valence electrons. The van der Waals surface area contributed by atoms with Crippen molar-refractivity contribution in [2.45, 2.75) is 18.9 Å². The summed E-state index contributed by atoms with van der Waals surface area (Å²) >= 11 is 3.21. The smallest absolute Gasteiger partial charge is 0.145 e. The van der Waals surface area contributed by atoms with E-state index in [1.54, 1.807) is 12.1 Å². The second kappa shape index (κ2) is 4.49. The number of benzene rings is 1. The van der Waals surface area contributed by atoms with Crippen LogP contribution in [0.2, 0.25) is 0 Å². The number of rotatable bonds is 2. The molecule has 0 aromatic heterocycles. The molecule has 1 unspecified atom stereocenters. The molecule has 0 spiro atoms. The van der Waals surface area contributed by atoms with Crippen molar-refractivity contribution in [1.82, 2.24) is 5.32 Å². The van der Waals surface area contributed by atoms with Crippen LogP contribution in [-0.2, 0) is 0 Å². The normalized spacial score (nSPS) is 20.6. The lowest BCUT2D eigenvalue weighted by molar-refractivity contribution is 0.406. The minimum atomic E-state index is -0.214. The summed E-state index contributed by atoms with van der Waals surface area (Å²) in [5.74, 6) is 0.322. The summed E-state index contributed by atoms with van der Waals surface area (Å²) in [6.07, 6.45) is 2.10. The van der Waals surface area contributed by atoms with E-state index >= 15 is 0 Å². The van der Waals surface area contributed by atoms with Gasteiger partial charge in [-0.05, 0) is 41.4 Å². The van der Waals surface area contributed by atoms with E-state index in [1.165, 1.54) is 7.11 Å². The summed E-state index contributed by atoms with van der Waals surface area (Å²) in [6.45, 7) is 0.966. The van der Waals surface area contributed by atoms with Crippen molar-refractivity contribution < 1.29 is 9.13 Å². The molecule has 1 aromatic rings. The third-order valence-corrected chi connectivity index (χ3v) is 3.47. The lowest BCUT2D eigenvalue weighted by Gasteiger charge is -2.14.